The first-order chi connectivity index (χ1) is 13.5. The maximum atomic E-state index is 13.2. The van der Waals surface area contributed by atoms with Crippen LogP contribution in [0.4, 0.5) is 10.1 Å². The molecule has 2 N–H and O–H groups in total. The van der Waals surface area contributed by atoms with Crippen molar-refractivity contribution in [2.24, 2.45) is 4.99 Å². The summed E-state index contributed by atoms with van der Waals surface area (Å²) in [6.07, 6.45) is 1.87. The van der Waals surface area contributed by atoms with Gasteiger partial charge in [0.2, 0.25) is 5.84 Å². The molecule has 2 aromatic carbocycles. The number of benzene rings is 2. The Labute approximate surface area is 162 Å². The number of amides is 2. The molecule has 28 heavy (non-hydrogen) atoms. The summed E-state index contributed by atoms with van der Waals surface area (Å²) in [4.78, 5) is 28.8. The number of hydrogen-bond donors (Lipinski definition) is 2. The van der Waals surface area contributed by atoms with Crippen molar-refractivity contribution < 1.29 is 14.0 Å². The highest BCUT2D eigenvalue weighted by molar-refractivity contribution is 6.39. The first-order valence-corrected chi connectivity index (χ1v) is 9.22. The van der Waals surface area contributed by atoms with E-state index in [-0.39, 0.29) is 35.4 Å². The number of aryl methyl sites for hydroxylation is 1. The third-order valence-electron chi connectivity index (χ3n) is 5.24. The monoisotopic (exact) mass is 380 g/mol. The predicted molar refractivity (Wildman–Crippen MR) is 104 cm³/mol. The Morgan fingerprint density at radius 2 is 1.86 bits per heavy atom. The van der Waals surface area contributed by atoms with E-state index in [1.165, 1.54) is 17.1 Å². The van der Waals surface area contributed by atoms with Crippen LogP contribution in [0.1, 0.15) is 24.0 Å². The van der Waals surface area contributed by atoms with Gasteiger partial charge in [0.1, 0.15) is 12.4 Å². The molecule has 0 unspecified atom stereocenters. The summed E-state index contributed by atoms with van der Waals surface area (Å²) < 4.78 is 13.2. The molecule has 6 nitrogen and oxygen atoms in total. The van der Waals surface area contributed by atoms with Crippen molar-refractivity contribution in [2.45, 2.75) is 25.2 Å². The maximum Gasteiger partial charge on any atom is 0.288 e. The lowest BCUT2D eigenvalue weighted by molar-refractivity contribution is -0.118. The summed E-state index contributed by atoms with van der Waals surface area (Å²) in [6, 6.07) is 13.8. The van der Waals surface area contributed by atoms with Crippen LogP contribution < -0.4 is 15.8 Å². The topological polar surface area (TPSA) is 73.8 Å². The molecule has 0 saturated heterocycles. The molecule has 0 bridgehead atoms. The van der Waals surface area contributed by atoms with Crippen molar-refractivity contribution in [2.75, 3.05) is 18.1 Å². The van der Waals surface area contributed by atoms with E-state index in [1.807, 2.05) is 31.2 Å². The van der Waals surface area contributed by atoms with Gasteiger partial charge in [-0.05, 0) is 49.6 Å². The Balaban J connectivity index is 1.41. The number of hydrogen-bond acceptors (Lipinski definition) is 4. The van der Waals surface area contributed by atoms with Crippen LogP contribution >= 0.6 is 0 Å². The minimum Gasteiger partial charge on any atom is -0.348 e. The zero-order valence-electron chi connectivity index (χ0n) is 15.5. The first-order valence-electron chi connectivity index (χ1n) is 9.22. The highest BCUT2D eigenvalue weighted by atomic mass is 19.1. The van der Waals surface area contributed by atoms with Crippen molar-refractivity contribution in [1.82, 2.24) is 10.7 Å². The molecule has 4 rings (SSSR count). The number of amidine groups is 1. The largest absolute Gasteiger partial charge is 0.348 e. The van der Waals surface area contributed by atoms with Gasteiger partial charge < -0.3 is 5.32 Å². The second-order valence-corrected chi connectivity index (χ2v) is 7.31. The van der Waals surface area contributed by atoms with Crippen LogP contribution in [-0.4, -0.2) is 30.7 Å². The maximum absolute atomic E-state index is 13.2. The second-order valence-electron chi connectivity index (χ2n) is 7.31. The van der Waals surface area contributed by atoms with Crippen molar-refractivity contribution in [1.29, 1.82) is 0 Å². The molecular formula is C21H21FN4O2. The number of carbonyl (C=O) groups is 2. The fraction of sp³-hybridized carbons (Fsp3) is 0.286. The van der Waals surface area contributed by atoms with Gasteiger partial charge in [0.05, 0.1) is 5.69 Å². The molecule has 1 saturated carbocycles. The van der Waals surface area contributed by atoms with E-state index < -0.39 is 0 Å². The molecule has 0 radical (unpaired) electrons. The van der Waals surface area contributed by atoms with Crippen LogP contribution in [0, 0.1) is 12.7 Å². The fourth-order valence-electron chi connectivity index (χ4n) is 3.30. The number of aliphatic imine (C=N–C) groups is 1. The molecule has 1 aliphatic heterocycles. The molecule has 7 heteroatoms. The molecule has 0 aromatic heterocycles. The SMILES string of the molecule is Cc1ccc(N2NC(C(=O)NCC3(c4ccc(F)cc4)CC3)=NCC2=O)cc1. The number of nitrogens with one attached hydrogen (secondary N) is 2. The van der Waals surface area contributed by atoms with Gasteiger partial charge in [-0.2, -0.15) is 0 Å². The van der Waals surface area contributed by atoms with E-state index in [4.69, 9.17) is 0 Å². The van der Waals surface area contributed by atoms with Crippen LogP contribution in [0.25, 0.3) is 0 Å². The molecular weight excluding hydrogens is 359 g/mol. The lowest BCUT2D eigenvalue weighted by atomic mass is 9.96. The lowest BCUT2D eigenvalue weighted by Gasteiger charge is -2.28. The molecule has 2 aliphatic rings. The number of rotatable bonds is 5. The number of nitrogens with zero attached hydrogens (tertiary/aromatic N) is 2. The van der Waals surface area contributed by atoms with Crippen LogP contribution in [0.15, 0.2) is 53.5 Å². The summed E-state index contributed by atoms with van der Waals surface area (Å²) in [5.41, 5.74) is 5.42. The van der Waals surface area contributed by atoms with E-state index in [0.717, 1.165) is 24.0 Å². The number of carbonyl (C=O) groups excluding carboxylic acids is 2. The molecule has 1 heterocycles. The third kappa shape index (κ3) is 3.60. The number of halogens is 1. The zero-order chi connectivity index (χ0) is 19.7. The summed E-state index contributed by atoms with van der Waals surface area (Å²) >= 11 is 0. The lowest BCUT2D eigenvalue weighted by Crippen LogP contribution is -2.56. The van der Waals surface area contributed by atoms with Crippen molar-refractivity contribution in [3.05, 3.63) is 65.5 Å². The van der Waals surface area contributed by atoms with Crippen molar-refractivity contribution >= 4 is 23.3 Å². The first kappa shape index (κ1) is 18.2. The second kappa shape index (κ2) is 7.07. The number of hydrazine groups is 1. The minimum absolute atomic E-state index is 0.0905. The molecule has 0 atom stereocenters. The summed E-state index contributed by atoms with van der Waals surface area (Å²) in [7, 11) is 0. The van der Waals surface area contributed by atoms with Crippen molar-refractivity contribution in [3.8, 4) is 0 Å². The molecule has 1 fully saturated rings. The quantitative estimate of drug-likeness (QED) is 0.836. The average Bonchev–Trinajstić information content (AvgIpc) is 3.49. The van der Waals surface area contributed by atoms with Crippen LogP contribution in [-0.2, 0) is 15.0 Å². The van der Waals surface area contributed by atoms with Crippen molar-refractivity contribution in [3.63, 3.8) is 0 Å². The van der Waals surface area contributed by atoms with Gasteiger partial charge in [0, 0.05) is 12.0 Å². The standard InChI is InChI=1S/C21H21FN4O2/c1-14-2-8-17(9-3-14)26-18(27)12-23-19(25-26)20(28)24-13-21(10-11-21)15-4-6-16(22)7-5-15/h2-9H,10-13H2,1H3,(H,23,25)(H,24,28). The van der Waals surface area contributed by atoms with Gasteiger partial charge in [-0.15, -0.1) is 0 Å². The third-order valence-corrected chi connectivity index (χ3v) is 5.24. The fourth-order valence-corrected chi connectivity index (χ4v) is 3.30. The van der Waals surface area contributed by atoms with Gasteiger partial charge in [-0.3, -0.25) is 20.0 Å². The summed E-state index contributed by atoms with van der Waals surface area (Å²) in [5, 5.41) is 4.24. The van der Waals surface area contributed by atoms with Gasteiger partial charge in [0.25, 0.3) is 11.8 Å². The van der Waals surface area contributed by atoms with E-state index in [0.29, 0.717) is 12.2 Å². The molecule has 0 spiro atoms. The minimum atomic E-state index is -0.363. The van der Waals surface area contributed by atoms with Gasteiger partial charge in [0.15, 0.2) is 0 Å². The Kier molecular flexibility index (Phi) is 4.58. The Morgan fingerprint density at radius 3 is 2.50 bits per heavy atom. The molecule has 144 valence electrons. The zero-order valence-corrected chi connectivity index (χ0v) is 15.5. The Hall–Kier alpha value is -3.22. The highest BCUT2D eigenvalue weighted by Gasteiger charge is 2.44. The molecule has 1 aliphatic carbocycles. The van der Waals surface area contributed by atoms with Crippen LogP contribution in [0.2, 0.25) is 0 Å². The smallest absolute Gasteiger partial charge is 0.288 e. The van der Waals surface area contributed by atoms with Gasteiger partial charge in [-0.25, -0.2) is 9.40 Å². The average molecular weight is 380 g/mol. The molecule has 2 aromatic rings. The van der Waals surface area contributed by atoms with Gasteiger partial charge >= 0.3 is 0 Å². The van der Waals surface area contributed by atoms with Crippen LogP contribution in [0.5, 0.6) is 0 Å². The van der Waals surface area contributed by atoms with Gasteiger partial charge in [-0.1, -0.05) is 29.8 Å². The van der Waals surface area contributed by atoms with E-state index in [1.54, 1.807) is 12.1 Å². The Morgan fingerprint density at radius 1 is 1.18 bits per heavy atom. The highest BCUT2D eigenvalue weighted by Crippen LogP contribution is 2.47. The van der Waals surface area contributed by atoms with E-state index in [9.17, 15) is 14.0 Å². The predicted octanol–water partition coefficient (Wildman–Crippen LogP) is 2.23. The van der Waals surface area contributed by atoms with E-state index in [2.05, 4.69) is 15.7 Å². The van der Waals surface area contributed by atoms with E-state index >= 15 is 0 Å². The summed E-state index contributed by atoms with van der Waals surface area (Å²) in [5.74, 6) is -0.760. The molecule has 2 amide bonds. The normalized spacial score (nSPS) is 17.6. The number of anilines is 1. The van der Waals surface area contributed by atoms with Crippen LogP contribution in [0.3, 0.4) is 0 Å². The summed E-state index contributed by atoms with van der Waals surface area (Å²) in [6.45, 7) is 2.31. The Bertz CT molecular complexity index is 934.